The van der Waals surface area contributed by atoms with E-state index < -0.39 is 22.9 Å². The molecule has 0 aliphatic carbocycles. The average Bonchev–Trinajstić information content (AvgIpc) is 2.96. The number of H-pyrrole nitrogens is 1. The Labute approximate surface area is 145 Å². The lowest BCUT2D eigenvalue weighted by Crippen LogP contribution is -2.24. The Hall–Kier alpha value is -2.48. The molecule has 0 saturated heterocycles. The monoisotopic (exact) mass is 365 g/mol. The minimum atomic E-state index is -4.53. The first-order valence-electron chi connectivity index (χ1n) is 7.43. The van der Waals surface area contributed by atoms with Crippen LogP contribution in [0.25, 0.3) is 11.0 Å². The smallest absolute Gasteiger partial charge is 0.333 e. The molecule has 2 N–H and O–H groups in total. The van der Waals surface area contributed by atoms with Crippen LogP contribution in [0.1, 0.15) is 12.5 Å². The second kappa shape index (κ2) is 6.79. The Bertz CT molecular complexity index is 874. The second-order valence-corrected chi connectivity index (χ2v) is 6.68. The largest absolute Gasteiger partial charge is 0.418 e. The van der Waals surface area contributed by atoms with Gasteiger partial charge in [-0.05, 0) is 31.2 Å². The number of benzene rings is 2. The van der Waals surface area contributed by atoms with Crippen molar-refractivity contribution in [2.24, 2.45) is 0 Å². The van der Waals surface area contributed by atoms with Crippen molar-refractivity contribution in [3.63, 3.8) is 0 Å². The van der Waals surface area contributed by atoms with Crippen LogP contribution in [0.15, 0.2) is 53.7 Å². The maximum Gasteiger partial charge on any atom is 0.418 e. The van der Waals surface area contributed by atoms with Gasteiger partial charge >= 0.3 is 6.18 Å². The first-order chi connectivity index (χ1) is 11.8. The Balaban J connectivity index is 1.73. The van der Waals surface area contributed by atoms with Crippen LogP contribution >= 0.6 is 11.8 Å². The predicted octanol–water partition coefficient (Wildman–Crippen LogP) is 4.70. The third-order valence-corrected chi connectivity index (χ3v) is 4.50. The third-order valence-electron chi connectivity index (χ3n) is 3.52. The molecule has 1 amide bonds. The van der Waals surface area contributed by atoms with Crippen molar-refractivity contribution in [3.05, 3.63) is 54.1 Å². The molecule has 8 heteroatoms. The zero-order valence-corrected chi connectivity index (χ0v) is 13.9. The fraction of sp³-hybridized carbons (Fsp3) is 0.176. The first kappa shape index (κ1) is 17.3. The van der Waals surface area contributed by atoms with Gasteiger partial charge in [-0.15, -0.1) is 0 Å². The number of amides is 1. The number of nitrogens with one attached hydrogen (secondary N) is 2. The number of aromatic nitrogens is 2. The summed E-state index contributed by atoms with van der Waals surface area (Å²) < 4.78 is 39.0. The molecule has 0 spiro atoms. The Kier molecular flexibility index (Phi) is 4.71. The fourth-order valence-electron chi connectivity index (χ4n) is 2.28. The molecule has 1 unspecified atom stereocenters. The van der Waals surface area contributed by atoms with Gasteiger partial charge in [0.25, 0.3) is 0 Å². The molecule has 0 aliphatic heterocycles. The van der Waals surface area contributed by atoms with Crippen LogP contribution in [0.4, 0.5) is 18.9 Å². The number of anilines is 1. The number of para-hydroxylation sites is 3. The van der Waals surface area contributed by atoms with Crippen molar-refractivity contribution < 1.29 is 18.0 Å². The molecule has 0 aliphatic rings. The van der Waals surface area contributed by atoms with Crippen molar-refractivity contribution in [1.29, 1.82) is 0 Å². The number of halogens is 3. The van der Waals surface area contributed by atoms with E-state index in [1.165, 1.54) is 18.2 Å². The van der Waals surface area contributed by atoms with Crippen molar-refractivity contribution in [1.82, 2.24) is 9.97 Å². The van der Waals surface area contributed by atoms with Gasteiger partial charge < -0.3 is 10.3 Å². The van der Waals surface area contributed by atoms with Crippen LogP contribution in [-0.4, -0.2) is 21.1 Å². The third kappa shape index (κ3) is 3.96. The summed E-state index contributed by atoms with van der Waals surface area (Å²) in [5, 5.41) is 2.26. The summed E-state index contributed by atoms with van der Waals surface area (Å²) in [6.45, 7) is 1.61. The fourth-order valence-corrected chi connectivity index (χ4v) is 3.10. The molecule has 130 valence electrons. The van der Waals surface area contributed by atoms with Crippen molar-refractivity contribution >= 4 is 34.4 Å². The van der Waals surface area contributed by atoms with E-state index in [0.29, 0.717) is 5.16 Å². The van der Waals surface area contributed by atoms with Gasteiger partial charge in [-0.3, -0.25) is 4.79 Å². The number of fused-ring (bicyclic) bond motifs is 1. The van der Waals surface area contributed by atoms with Crippen molar-refractivity contribution in [3.8, 4) is 0 Å². The highest BCUT2D eigenvalue weighted by molar-refractivity contribution is 8.00. The molecule has 0 radical (unpaired) electrons. The Morgan fingerprint density at radius 3 is 2.56 bits per heavy atom. The number of carbonyl (C=O) groups is 1. The SMILES string of the molecule is CC(Sc1nc2ccccc2[nH]1)C(=O)Nc1ccccc1C(F)(F)F. The zero-order valence-electron chi connectivity index (χ0n) is 13.1. The number of aromatic amines is 1. The van der Waals surface area contributed by atoms with Crippen LogP contribution in [0.5, 0.6) is 0 Å². The number of alkyl halides is 3. The number of thioether (sulfide) groups is 1. The topological polar surface area (TPSA) is 57.8 Å². The summed E-state index contributed by atoms with van der Waals surface area (Å²) in [6, 6.07) is 12.3. The van der Waals surface area contributed by atoms with E-state index in [1.807, 2.05) is 24.3 Å². The highest BCUT2D eigenvalue weighted by Gasteiger charge is 2.34. The van der Waals surface area contributed by atoms with Gasteiger partial charge in [-0.2, -0.15) is 13.2 Å². The molecule has 1 atom stereocenters. The van der Waals surface area contributed by atoms with Gasteiger partial charge in [0.2, 0.25) is 5.91 Å². The number of carbonyl (C=O) groups excluding carboxylic acids is 1. The Morgan fingerprint density at radius 1 is 1.16 bits per heavy atom. The minimum absolute atomic E-state index is 0.253. The van der Waals surface area contributed by atoms with Gasteiger partial charge in [-0.1, -0.05) is 36.0 Å². The van der Waals surface area contributed by atoms with Crippen molar-refractivity contribution in [2.45, 2.75) is 23.5 Å². The lowest BCUT2D eigenvalue weighted by Gasteiger charge is -2.15. The normalized spacial score (nSPS) is 13.0. The quantitative estimate of drug-likeness (QED) is 0.659. The van der Waals surface area contributed by atoms with E-state index in [-0.39, 0.29) is 5.69 Å². The summed E-state index contributed by atoms with van der Waals surface area (Å²) in [4.78, 5) is 19.7. The number of imidazole rings is 1. The molecule has 0 saturated carbocycles. The summed E-state index contributed by atoms with van der Waals surface area (Å²) >= 11 is 1.15. The molecule has 1 heterocycles. The zero-order chi connectivity index (χ0) is 18.0. The van der Waals surface area contributed by atoms with Gasteiger partial charge in [0.1, 0.15) is 0 Å². The summed E-state index contributed by atoms with van der Waals surface area (Å²) in [6.07, 6.45) is -4.53. The summed E-state index contributed by atoms with van der Waals surface area (Å²) in [5.74, 6) is -0.526. The van der Waals surface area contributed by atoms with E-state index in [1.54, 1.807) is 6.92 Å². The van der Waals surface area contributed by atoms with E-state index >= 15 is 0 Å². The number of nitrogens with zero attached hydrogens (tertiary/aromatic N) is 1. The first-order valence-corrected chi connectivity index (χ1v) is 8.31. The molecule has 2 aromatic carbocycles. The molecule has 4 nitrogen and oxygen atoms in total. The molecule has 0 bridgehead atoms. The number of rotatable bonds is 4. The summed E-state index contributed by atoms with van der Waals surface area (Å²) in [7, 11) is 0. The van der Waals surface area contributed by atoms with Gasteiger partial charge in [0.15, 0.2) is 5.16 Å². The molecule has 1 aromatic heterocycles. The lowest BCUT2D eigenvalue weighted by molar-refractivity contribution is -0.137. The molecular weight excluding hydrogens is 351 g/mol. The standard InChI is InChI=1S/C17H14F3N3OS/c1-10(25-16-22-13-8-4-5-9-14(13)23-16)15(24)21-12-7-3-2-6-11(12)17(18,19)20/h2-10H,1H3,(H,21,24)(H,22,23). The number of hydrogen-bond acceptors (Lipinski definition) is 3. The molecular formula is C17H14F3N3OS. The maximum atomic E-state index is 13.0. The van der Waals surface area contributed by atoms with Gasteiger partial charge in [0, 0.05) is 0 Å². The summed E-state index contributed by atoms with van der Waals surface area (Å²) in [5.41, 5.74) is 0.474. The predicted molar refractivity (Wildman–Crippen MR) is 91.5 cm³/mol. The van der Waals surface area contributed by atoms with E-state index in [2.05, 4.69) is 15.3 Å². The number of hydrogen-bond donors (Lipinski definition) is 2. The van der Waals surface area contributed by atoms with Gasteiger partial charge in [-0.25, -0.2) is 4.98 Å². The van der Waals surface area contributed by atoms with Crippen LogP contribution in [0.2, 0.25) is 0 Å². The average molecular weight is 365 g/mol. The van der Waals surface area contributed by atoms with Gasteiger partial charge in [0.05, 0.1) is 27.5 Å². The molecule has 3 aromatic rings. The van der Waals surface area contributed by atoms with E-state index in [9.17, 15) is 18.0 Å². The molecule has 3 rings (SSSR count). The van der Waals surface area contributed by atoms with Crippen LogP contribution in [-0.2, 0) is 11.0 Å². The highest BCUT2D eigenvalue weighted by atomic mass is 32.2. The van der Waals surface area contributed by atoms with Crippen molar-refractivity contribution in [2.75, 3.05) is 5.32 Å². The highest BCUT2D eigenvalue weighted by Crippen LogP contribution is 2.35. The molecule has 0 fully saturated rings. The Morgan fingerprint density at radius 2 is 1.84 bits per heavy atom. The van der Waals surface area contributed by atoms with E-state index in [0.717, 1.165) is 28.9 Å². The minimum Gasteiger partial charge on any atom is -0.333 e. The lowest BCUT2D eigenvalue weighted by atomic mass is 10.1. The van der Waals surface area contributed by atoms with Crippen LogP contribution in [0.3, 0.4) is 0 Å². The second-order valence-electron chi connectivity index (χ2n) is 5.35. The van der Waals surface area contributed by atoms with Crippen LogP contribution < -0.4 is 5.32 Å². The molecule has 25 heavy (non-hydrogen) atoms. The van der Waals surface area contributed by atoms with E-state index in [4.69, 9.17) is 0 Å². The van der Waals surface area contributed by atoms with Crippen LogP contribution in [0, 0.1) is 0 Å². The maximum absolute atomic E-state index is 13.0.